The van der Waals surface area contributed by atoms with Gasteiger partial charge in [-0.25, -0.2) is 9.78 Å². The molecule has 1 aromatic heterocycles. The largest absolute Gasteiger partial charge is 0.447 e. The summed E-state index contributed by atoms with van der Waals surface area (Å²) in [5, 5.41) is 6.28. The van der Waals surface area contributed by atoms with Gasteiger partial charge in [0.15, 0.2) is 0 Å². The molecule has 2 aromatic rings. The number of rotatable bonds is 6. The van der Waals surface area contributed by atoms with E-state index < -0.39 is 0 Å². The molecule has 2 aliphatic rings. The number of cyclic esters (lactones) is 1. The second kappa shape index (κ2) is 8.92. The minimum atomic E-state index is -0.314. The SMILES string of the molecule is Cc1nc(CN2CCC(C(=O)NCc3cccc(N4CCOC4=O)c3)CC2)cs1. The first-order valence-corrected chi connectivity index (χ1v) is 10.9. The normalized spacial score (nSPS) is 18.1. The second-order valence-electron chi connectivity index (χ2n) is 7.56. The van der Waals surface area contributed by atoms with Crippen molar-refractivity contribution in [3.63, 3.8) is 0 Å². The van der Waals surface area contributed by atoms with E-state index in [2.05, 4.69) is 20.6 Å². The number of piperidine rings is 1. The average molecular weight is 415 g/mol. The van der Waals surface area contributed by atoms with Crippen LogP contribution in [-0.4, -0.2) is 48.1 Å². The highest BCUT2D eigenvalue weighted by Crippen LogP contribution is 2.22. The van der Waals surface area contributed by atoms with Crippen LogP contribution >= 0.6 is 11.3 Å². The van der Waals surface area contributed by atoms with Gasteiger partial charge in [0.25, 0.3) is 0 Å². The maximum Gasteiger partial charge on any atom is 0.414 e. The summed E-state index contributed by atoms with van der Waals surface area (Å²) < 4.78 is 4.99. The molecule has 0 bridgehead atoms. The van der Waals surface area contributed by atoms with Crippen molar-refractivity contribution in [3.8, 4) is 0 Å². The number of carbonyl (C=O) groups is 2. The molecule has 2 aliphatic heterocycles. The Bertz CT molecular complexity index is 876. The summed E-state index contributed by atoms with van der Waals surface area (Å²) in [7, 11) is 0. The summed E-state index contributed by atoms with van der Waals surface area (Å²) in [6, 6.07) is 7.69. The molecule has 0 saturated carbocycles. The average Bonchev–Trinajstić information content (AvgIpc) is 3.35. The highest BCUT2D eigenvalue weighted by molar-refractivity contribution is 7.09. The van der Waals surface area contributed by atoms with Crippen LogP contribution in [-0.2, 0) is 22.6 Å². The molecule has 0 atom stereocenters. The van der Waals surface area contributed by atoms with Crippen LogP contribution in [0, 0.1) is 12.8 Å². The Morgan fingerprint density at radius 3 is 2.83 bits per heavy atom. The molecule has 154 valence electrons. The minimum Gasteiger partial charge on any atom is -0.447 e. The van der Waals surface area contributed by atoms with E-state index in [0.29, 0.717) is 19.7 Å². The van der Waals surface area contributed by atoms with Gasteiger partial charge in [0.1, 0.15) is 6.61 Å². The number of hydrogen-bond acceptors (Lipinski definition) is 6. The lowest BCUT2D eigenvalue weighted by atomic mass is 9.95. The van der Waals surface area contributed by atoms with Gasteiger partial charge in [0.05, 0.1) is 17.2 Å². The van der Waals surface area contributed by atoms with Crippen molar-refractivity contribution in [1.82, 2.24) is 15.2 Å². The summed E-state index contributed by atoms with van der Waals surface area (Å²) in [6.07, 6.45) is 1.43. The van der Waals surface area contributed by atoms with Gasteiger partial charge < -0.3 is 10.1 Å². The lowest BCUT2D eigenvalue weighted by molar-refractivity contribution is -0.126. The molecule has 2 saturated heterocycles. The monoisotopic (exact) mass is 414 g/mol. The molecule has 2 amide bonds. The maximum atomic E-state index is 12.6. The van der Waals surface area contributed by atoms with Crippen molar-refractivity contribution in [1.29, 1.82) is 0 Å². The Morgan fingerprint density at radius 1 is 1.31 bits per heavy atom. The Kier molecular flexibility index (Phi) is 6.10. The molecule has 0 spiro atoms. The van der Waals surface area contributed by atoms with Gasteiger partial charge in [0.2, 0.25) is 5.91 Å². The molecule has 3 heterocycles. The zero-order valence-electron chi connectivity index (χ0n) is 16.6. The molecule has 0 unspecified atom stereocenters. The number of amides is 2. The number of aryl methyl sites for hydroxylation is 1. The number of aromatic nitrogens is 1. The fraction of sp³-hybridized carbons (Fsp3) is 0.476. The fourth-order valence-electron chi connectivity index (χ4n) is 3.86. The Balaban J connectivity index is 1.25. The van der Waals surface area contributed by atoms with Gasteiger partial charge in [-0.05, 0) is 50.6 Å². The van der Waals surface area contributed by atoms with E-state index in [1.807, 2.05) is 31.2 Å². The smallest absolute Gasteiger partial charge is 0.414 e. The lowest BCUT2D eigenvalue weighted by Crippen LogP contribution is -2.40. The molecule has 4 rings (SSSR count). The first kappa shape index (κ1) is 19.8. The predicted octanol–water partition coefficient (Wildman–Crippen LogP) is 2.94. The van der Waals surface area contributed by atoms with Crippen LogP contribution in [0.25, 0.3) is 0 Å². The zero-order valence-corrected chi connectivity index (χ0v) is 17.4. The van der Waals surface area contributed by atoms with Crippen molar-refractivity contribution >= 4 is 29.0 Å². The topological polar surface area (TPSA) is 74.8 Å². The molecule has 0 aliphatic carbocycles. The molecule has 0 radical (unpaired) electrons. The van der Waals surface area contributed by atoms with Gasteiger partial charge in [0, 0.05) is 30.1 Å². The van der Waals surface area contributed by atoms with Gasteiger partial charge in [-0.15, -0.1) is 11.3 Å². The van der Waals surface area contributed by atoms with Gasteiger partial charge in [-0.1, -0.05) is 12.1 Å². The van der Waals surface area contributed by atoms with Crippen LogP contribution in [0.3, 0.4) is 0 Å². The van der Waals surface area contributed by atoms with Gasteiger partial charge >= 0.3 is 6.09 Å². The third kappa shape index (κ3) is 4.94. The number of benzene rings is 1. The fourth-order valence-corrected chi connectivity index (χ4v) is 4.46. The Hall–Kier alpha value is -2.45. The summed E-state index contributed by atoms with van der Waals surface area (Å²) in [6.45, 7) is 6.17. The van der Waals surface area contributed by atoms with E-state index in [0.717, 1.165) is 54.4 Å². The number of hydrogen-bond donors (Lipinski definition) is 1. The van der Waals surface area contributed by atoms with E-state index in [4.69, 9.17) is 4.74 Å². The summed E-state index contributed by atoms with van der Waals surface area (Å²) in [5.41, 5.74) is 2.91. The molecule has 8 heteroatoms. The summed E-state index contributed by atoms with van der Waals surface area (Å²) in [5.74, 6) is 0.167. The molecule has 2 fully saturated rings. The number of ether oxygens (including phenoxy) is 1. The van der Waals surface area contributed by atoms with Crippen molar-refractivity contribution in [2.75, 3.05) is 31.1 Å². The Morgan fingerprint density at radius 2 is 2.14 bits per heavy atom. The van der Waals surface area contributed by atoms with Crippen LogP contribution in [0.5, 0.6) is 0 Å². The molecule has 1 aromatic carbocycles. The van der Waals surface area contributed by atoms with Crippen LogP contribution in [0.15, 0.2) is 29.6 Å². The summed E-state index contributed by atoms with van der Waals surface area (Å²) in [4.78, 5) is 32.9. The molecule has 1 N–H and O–H groups in total. The third-order valence-corrected chi connectivity index (χ3v) is 6.28. The minimum absolute atomic E-state index is 0.0557. The maximum absolute atomic E-state index is 12.6. The molecular formula is C21H26N4O3S. The second-order valence-corrected chi connectivity index (χ2v) is 8.62. The third-order valence-electron chi connectivity index (χ3n) is 5.46. The summed E-state index contributed by atoms with van der Waals surface area (Å²) >= 11 is 1.68. The molecular weight excluding hydrogens is 388 g/mol. The number of carbonyl (C=O) groups excluding carboxylic acids is 2. The van der Waals surface area contributed by atoms with Gasteiger partial charge in [-0.3, -0.25) is 14.6 Å². The highest BCUT2D eigenvalue weighted by Gasteiger charge is 2.26. The Labute approximate surface area is 174 Å². The molecule has 29 heavy (non-hydrogen) atoms. The van der Waals surface area contributed by atoms with Crippen molar-refractivity contribution in [3.05, 3.63) is 45.9 Å². The van der Waals surface area contributed by atoms with E-state index >= 15 is 0 Å². The van der Waals surface area contributed by atoms with Crippen molar-refractivity contribution < 1.29 is 14.3 Å². The zero-order chi connectivity index (χ0) is 20.2. The van der Waals surface area contributed by atoms with Gasteiger partial charge in [-0.2, -0.15) is 0 Å². The standard InChI is InChI=1S/C21H26N4O3S/c1-15-23-18(14-29-15)13-24-7-5-17(6-8-24)20(26)22-12-16-3-2-4-19(11-16)25-9-10-28-21(25)27/h2-4,11,14,17H,5-10,12-13H2,1H3,(H,22,26). The van der Waals surface area contributed by atoms with Crippen LogP contribution < -0.4 is 10.2 Å². The van der Waals surface area contributed by atoms with Crippen LogP contribution in [0.4, 0.5) is 10.5 Å². The first-order chi connectivity index (χ1) is 14.1. The van der Waals surface area contributed by atoms with E-state index in [1.165, 1.54) is 0 Å². The number of likely N-dealkylation sites (tertiary alicyclic amines) is 1. The predicted molar refractivity (Wildman–Crippen MR) is 112 cm³/mol. The van der Waals surface area contributed by atoms with E-state index in [-0.39, 0.29) is 17.9 Å². The van der Waals surface area contributed by atoms with E-state index in [1.54, 1.807) is 16.2 Å². The highest BCUT2D eigenvalue weighted by atomic mass is 32.1. The van der Waals surface area contributed by atoms with Crippen LogP contribution in [0.2, 0.25) is 0 Å². The number of anilines is 1. The number of nitrogens with zero attached hydrogens (tertiary/aromatic N) is 3. The number of nitrogens with one attached hydrogen (secondary N) is 1. The lowest BCUT2D eigenvalue weighted by Gasteiger charge is -2.30. The van der Waals surface area contributed by atoms with E-state index in [9.17, 15) is 9.59 Å². The molecule has 7 nitrogen and oxygen atoms in total. The first-order valence-electron chi connectivity index (χ1n) is 10.0. The van der Waals surface area contributed by atoms with Crippen LogP contribution in [0.1, 0.15) is 29.1 Å². The quantitative estimate of drug-likeness (QED) is 0.787. The van der Waals surface area contributed by atoms with Crippen molar-refractivity contribution in [2.24, 2.45) is 5.92 Å². The van der Waals surface area contributed by atoms with Crippen molar-refractivity contribution in [2.45, 2.75) is 32.9 Å². The number of thiazole rings is 1.